The van der Waals surface area contributed by atoms with Crippen molar-refractivity contribution >= 4 is 0 Å². The summed E-state index contributed by atoms with van der Waals surface area (Å²) >= 11 is 0. The van der Waals surface area contributed by atoms with Gasteiger partial charge in [0.25, 0.3) is 0 Å². The van der Waals surface area contributed by atoms with E-state index in [4.69, 9.17) is 9.47 Å². The SMILES string of the molecule is CC(C)Oc1ccc(CN2Cc3cc(-c4cncnc4)ccc3OC[C@@H]2C)cc1. The van der Waals surface area contributed by atoms with E-state index in [9.17, 15) is 0 Å². The molecule has 0 unspecified atom stereocenters. The average molecular weight is 389 g/mol. The Kier molecular flexibility index (Phi) is 5.76. The van der Waals surface area contributed by atoms with Crippen molar-refractivity contribution in [2.75, 3.05) is 6.61 Å². The number of nitrogens with zero attached hydrogens (tertiary/aromatic N) is 3. The molecule has 0 spiro atoms. The van der Waals surface area contributed by atoms with Crippen LogP contribution in [0.25, 0.3) is 11.1 Å². The van der Waals surface area contributed by atoms with Crippen molar-refractivity contribution in [3.8, 4) is 22.6 Å². The molecular weight excluding hydrogens is 362 g/mol. The van der Waals surface area contributed by atoms with E-state index in [0.717, 1.165) is 35.7 Å². The van der Waals surface area contributed by atoms with Crippen molar-refractivity contribution in [3.05, 3.63) is 72.3 Å². The van der Waals surface area contributed by atoms with Gasteiger partial charge in [0.2, 0.25) is 0 Å². The van der Waals surface area contributed by atoms with E-state index >= 15 is 0 Å². The van der Waals surface area contributed by atoms with Gasteiger partial charge < -0.3 is 9.47 Å². The summed E-state index contributed by atoms with van der Waals surface area (Å²) in [5.74, 6) is 1.87. The van der Waals surface area contributed by atoms with Crippen molar-refractivity contribution in [1.29, 1.82) is 0 Å². The molecule has 4 rings (SSSR count). The van der Waals surface area contributed by atoms with Crippen LogP contribution in [-0.2, 0) is 13.1 Å². The summed E-state index contributed by atoms with van der Waals surface area (Å²) in [4.78, 5) is 10.7. The molecule has 0 aliphatic carbocycles. The maximum Gasteiger partial charge on any atom is 0.123 e. The van der Waals surface area contributed by atoms with Gasteiger partial charge in [-0.2, -0.15) is 0 Å². The number of hydrogen-bond donors (Lipinski definition) is 0. The Labute approximate surface area is 172 Å². The van der Waals surface area contributed by atoms with Crippen molar-refractivity contribution in [2.45, 2.75) is 46.0 Å². The van der Waals surface area contributed by atoms with E-state index in [0.29, 0.717) is 12.6 Å². The minimum atomic E-state index is 0.185. The first kappa shape index (κ1) is 19.4. The number of hydrogen-bond acceptors (Lipinski definition) is 5. The molecule has 0 saturated heterocycles. The zero-order valence-corrected chi connectivity index (χ0v) is 17.2. The van der Waals surface area contributed by atoms with Gasteiger partial charge in [-0.25, -0.2) is 9.97 Å². The maximum atomic E-state index is 6.09. The van der Waals surface area contributed by atoms with Crippen LogP contribution in [0.5, 0.6) is 11.5 Å². The average Bonchev–Trinajstić information content (AvgIpc) is 2.88. The van der Waals surface area contributed by atoms with Crippen LogP contribution in [0, 0.1) is 0 Å². The van der Waals surface area contributed by atoms with Gasteiger partial charge in [-0.15, -0.1) is 0 Å². The molecule has 1 aliphatic heterocycles. The van der Waals surface area contributed by atoms with Crippen molar-refractivity contribution in [3.63, 3.8) is 0 Å². The van der Waals surface area contributed by atoms with Gasteiger partial charge in [0.15, 0.2) is 0 Å². The highest BCUT2D eigenvalue weighted by molar-refractivity contribution is 5.64. The van der Waals surface area contributed by atoms with Gasteiger partial charge in [-0.05, 0) is 56.2 Å². The van der Waals surface area contributed by atoms with Crippen LogP contribution >= 0.6 is 0 Å². The summed E-state index contributed by atoms with van der Waals surface area (Å²) in [6, 6.07) is 15.0. The zero-order chi connectivity index (χ0) is 20.2. The molecule has 0 fully saturated rings. The minimum absolute atomic E-state index is 0.185. The normalized spacial score (nSPS) is 16.8. The molecule has 0 saturated carbocycles. The standard InChI is InChI=1S/C24H27N3O2/c1-17(2)29-23-7-4-19(5-8-23)13-27-14-21-10-20(22-11-25-16-26-12-22)6-9-24(21)28-15-18(27)3/h4-12,16-18H,13-15H2,1-3H3/t18-/m0/s1. The van der Waals surface area contributed by atoms with Gasteiger partial charge in [0.1, 0.15) is 24.4 Å². The van der Waals surface area contributed by atoms with Crippen LogP contribution in [0.1, 0.15) is 31.9 Å². The Hall–Kier alpha value is -2.92. The van der Waals surface area contributed by atoms with Crippen LogP contribution in [0.3, 0.4) is 0 Å². The summed E-state index contributed by atoms with van der Waals surface area (Å²) in [5.41, 5.74) is 4.58. The molecule has 3 aromatic rings. The van der Waals surface area contributed by atoms with Gasteiger partial charge in [-0.3, -0.25) is 4.90 Å². The van der Waals surface area contributed by atoms with Gasteiger partial charge >= 0.3 is 0 Å². The Morgan fingerprint density at radius 2 is 1.83 bits per heavy atom. The van der Waals surface area contributed by atoms with Gasteiger partial charge in [-0.1, -0.05) is 18.2 Å². The number of fused-ring (bicyclic) bond motifs is 1. The predicted molar refractivity (Wildman–Crippen MR) is 114 cm³/mol. The molecule has 2 aromatic carbocycles. The summed E-state index contributed by atoms with van der Waals surface area (Å²) in [6.45, 7) is 8.68. The predicted octanol–water partition coefficient (Wildman–Crippen LogP) is 4.71. The van der Waals surface area contributed by atoms with Crippen LogP contribution < -0.4 is 9.47 Å². The fourth-order valence-corrected chi connectivity index (χ4v) is 3.55. The second kappa shape index (κ2) is 8.62. The molecule has 0 N–H and O–H groups in total. The molecule has 0 radical (unpaired) electrons. The lowest BCUT2D eigenvalue weighted by Crippen LogP contribution is -2.34. The van der Waals surface area contributed by atoms with Crippen molar-refractivity contribution in [1.82, 2.24) is 14.9 Å². The summed E-state index contributed by atoms with van der Waals surface area (Å²) in [5, 5.41) is 0. The lowest BCUT2D eigenvalue weighted by Gasteiger charge is -2.26. The summed E-state index contributed by atoms with van der Waals surface area (Å²) in [7, 11) is 0. The number of aromatic nitrogens is 2. The van der Waals surface area contributed by atoms with Crippen LogP contribution in [0.15, 0.2) is 61.2 Å². The second-order valence-corrected chi connectivity index (χ2v) is 7.83. The van der Waals surface area contributed by atoms with Crippen LogP contribution in [-0.4, -0.2) is 33.6 Å². The highest BCUT2D eigenvalue weighted by atomic mass is 16.5. The zero-order valence-electron chi connectivity index (χ0n) is 17.2. The third kappa shape index (κ3) is 4.74. The smallest absolute Gasteiger partial charge is 0.123 e. The molecule has 150 valence electrons. The molecule has 5 heteroatoms. The first-order valence-corrected chi connectivity index (χ1v) is 10.1. The summed E-state index contributed by atoms with van der Waals surface area (Å²) < 4.78 is 11.8. The highest BCUT2D eigenvalue weighted by Gasteiger charge is 2.22. The van der Waals surface area contributed by atoms with E-state index < -0.39 is 0 Å². The van der Waals surface area contributed by atoms with E-state index in [1.807, 2.05) is 26.2 Å². The van der Waals surface area contributed by atoms with Crippen LogP contribution in [0.4, 0.5) is 0 Å². The fourth-order valence-electron chi connectivity index (χ4n) is 3.55. The number of rotatable bonds is 5. The monoisotopic (exact) mass is 389 g/mol. The first-order chi connectivity index (χ1) is 14.1. The first-order valence-electron chi connectivity index (χ1n) is 10.1. The van der Waals surface area contributed by atoms with Crippen molar-refractivity contribution < 1.29 is 9.47 Å². The quantitative estimate of drug-likeness (QED) is 0.632. The lowest BCUT2D eigenvalue weighted by molar-refractivity contribution is 0.151. The minimum Gasteiger partial charge on any atom is -0.492 e. The molecule has 29 heavy (non-hydrogen) atoms. The molecule has 0 bridgehead atoms. The molecule has 5 nitrogen and oxygen atoms in total. The van der Waals surface area contributed by atoms with E-state index in [1.54, 1.807) is 6.33 Å². The Morgan fingerprint density at radius 3 is 2.55 bits per heavy atom. The fraction of sp³-hybridized carbons (Fsp3) is 0.333. The third-order valence-corrected chi connectivity index (χ3v) is 5.11. The Balaban J connectivity index is 1.53. The van der Waals surface area contributed by atoms with E-state index in [1.165, 1.54) is 11.1 Å². The Bertz CT molecular complexity index is 942. The third-order valence-electron chi connectivity index (χ3n) is 5.11. The van der Waals surface area contributed by atoms with E-state index in [-0.39, 0.29) is 6.10 Å². The molecule has 1 aromatic heterocycles. The molecule has 1 aliphatic rings. The van der Waals surface area contributed by atoms with Crippen molar-refractivity contribution in [2.24, 2.45) is 0 Å². The largest absolute Gasteiger partial charge is 0.492 e. The van der Waals surface area contributed by atoms with Crippen LogP contribution in [0.2, 0.25) is 0 Å². The van der Waals surface area contributed by atoms with E-state index in [2.05, 4.69) is 64.3 Å². The molecular formula is C24H27N3O2. The summed E-state index contributed by atoms with van der Waals surface area (Å²) in [6.07, 6.45) is 5.42. The number of benzene rings is 2. The second-order valence-electron chi connectivity index (χ2n) is 7.83. The topological polar surface area (TPSA) is 47.5 Å². The van der Waals surface area contributed by atoms with Gasteiger partial charge in [0, 0.05) is 42.7 Å². The molecule has 0 amide bonds. The van der Waals surface area contributed by atoms with Gasteiger partial charge in [0.05, 0.1) is 6.10 Å². The maximum absolute atomic E-state index is 6.09. The Morgan fingerprint density at radius 1 is 1.07 bits per heavy atom. The number of ether oxygens (including phenoxy) is 2. The molecule has 2 heterocycles. The lowest BCUT2D eigenvalue weighted by atomic mass is 10.0. The highest BCUT2D eigenvalue weighted by Crippen LogP contribution is 2.30. The molecule has 1 atom stereocenters.